The lowest BCUT2D eigenvalue weighted by Gasteiger charge is -2.09. The number of ether oxygens (including phenoxy) is 1. The Hall–Kier alpha value is -3.32. The van der Waals surface area contributed by atoms with E-state index in [1.165, 1.54) is 6.08 Å². The molecule has 0 aliphatic rings. The van der Waals surface area contributed by atoms with E-state index in [0.29, 0.717) is 11.3 Å². The van der Waals surface area contributed by atoms with Gasteiger partial charge in [0.15, 0.2) is 5.76 Å². The van der Waals surface area contributed by atoms with E-state index in [9.17, 15) is 4.79 Å². The minimum Gasteiger partial charge on any atom is -0.453 e. The first kappa shape index (κ1) is 17.0. The van der Waals surface area contributed by atoms with Crippen LogP contribution in [0.3, 0.4) is 0 Å². The number of nitrogens with zero attached hydrogens (tertiary/aromatic N) is 2. The topological polar surface area (TPSA) is 53.3 Å². The van der Waals surface area contributed by atoms with E-state index >= 15 is 0 Å². The van der Waals surface area contributed by atoms with Crippen LogP contribution in [0.25, 0.3) is 6.08 Å². The Bertz CT molecular complexity index is 783. The average Bonchev–Trinajstić information content (AvgIpc) is 2.60. The predicted octanol–water partition coefficient (Wildman–Crippen LogP) is 3.62. The molecule has 0 aliphatic carbocycles. The first-order valence-electron chi connectivity index (χ1n) is 7.42. The molecule has 0 fully saturated rings. The van der Waals surface area contributed by atoms with Gasteiger partial charge in [0, 0.05) is 26.4 Å². The van der Waals surface area contributed by atoms with Gasteiger partial charge in [0.25, 0.3) is 0 Å². The smallest absolute Gasteiger partial charge is 0.222 e. The summed E-state index contributed by atoms with van der Waals surface area (Å²) < 4.78 is 5.74. The van der Waals surface area contributed by atoms with Gasteiger partial charge in [-0.2, -0.15) is 5.26 Å². The summed E-state index contributed by atoms with van der Waals surface area (Å²) in [7, 11) is 3.68. The second-order valence-corrected chi connectivity index (χ2v) is 5.30. The van der Waals surface area contributed by atoms with Gasteiger partial charge >= 0.3 is 0 Å². The molecule has 4 nitrogen and oxygen atoms in total. The highest BCUT2D eigenvalue weighted by Gasteiger charge is 2.10. The van der Waals surface area contributed by atoms with Crippen molar-refractivity contribution < 1.29 is 9.53 Å². The molecule has 2 aromatic rings. The number of benzene rings is 2. The zero-order chi connectivity index (χ0) is 17.4. The van der Waals surface area contributed by atoms with E-state index in [-0.39, 0.29) is 11.5 Å². The number of allylic oxidation sites excluding steroid dienone is 1. The molecule has 0 saturated carbocycles. The molecule has 2 rings (SSSR count). The quantitative estimate of drug-likeness (QED) is 0.603. The van der Waals surface area contributed by atoms with E-state index in [4.69, 9.17) is 10.00 Å². The molecule has 0 bridgehead atoms. The van der Waals surface area contributed by atoms with Gasteiger partial charge in [0.05, 0.1) is 11.6 Å². The van der Waals surface area contributed by atoms with Crippen molar-refractivity contribution in [3.05, 3.63) is 83.8 Å². The number of rotatable bonds is 6. The van der Waals surface area contributed by atoms with Crippen molar-refractivity contribution in [3.8, 4) is 11.8 Å². The van der Waals surface area contributed by atoms with Gasteiger partial charge in [-0.15, -0.1) is 0 Å². The molecule has 0 amide bonds. The molecule has 4 heteroatoms. The maximum absolute atomic E-state index is 12.4. The van der Waals surface area contributed by atoms with Crippen LogP contribution < -0.4 is 4.74 Å². The van der Waals surface area contributed by atoms with Gasteiger partial charge in [-0.05, 0) is 35.9 Å². The summed E-state index contributed by atoms with van der Waals surface area (Å²) in [5, 5.41) is 8.85. The first-order valence-corrected chi connectivity index (χ1v) is 7.42. The van der Waals surface area contributed by atoms with Crippen LogP contribution >= 0.6 is 0 Å². The summed E-state index contributed by atoms with van der Waals surface area (Å²) in [5.74, 6) is 0.476. The fourth-order valence-electron chi connectivity index (χ4n) is 1.87. The van der Waals surface area contributed by atoms with Gasteiger partial charge < -0.3 is 9.64 Å². The molecular weight excluding hydrogens is 300 g/mol. The van der Waals surface area contributed by atoms with Crippen molar-refractivity contribution in [1.29, 1.82) is 5.26 Å². The van der Waals surface area contributed by atoms with Gasteiger partial charge in [-0.1, -0.05) is 30.3 Å². The molecule has 0 aliphatic heterocycles. The maximum Gasteiger partial charge on any atom is 0.222 e. The van der Waals surface area contributed by atoms with Crippen LogP contribution in [0.2, 0.25) is 0 Å². The van der Waals surface area contributed by atoms with Crippen molar-refractivity contribution in [1.82, 2.24) is 4.90 Å². The lowest BCUT2D eigenvalue weighted by atomic mass is 10.1. The Labute approximate surface area is 141 Å². The van der Waals surface area contributed by atoms with Crippen molar-refractivity contribution in [3.63, 3.8) is 0 Å². The van der Waals surface area contributed by atoms with Crippen LogP contribution in [0.5, 0.6) is 5.75 Å². The third-order valence-corrected chi connectivity index (χ3v) is 3.08. The Morgan fingerprint density at radius 3 is 2.33 bits per heavy atom. The van der Waals surface area contributed by atoms with Crippen LogP contribution in [0.1, 0.15) is 11.1 Å². The predicted molar refractivity (Wildman–Crippen MR) is 94.0 cm³/mol. The van der Waals surface area contributed by atoms with E-state index in [1.807, 2.05) is 50.5 Å². The molecule has 0 N–H and O–H groups in total. The Morgan fingerprint density at radius 1 is 1.08 bits per heavy atom. The van der Waals surface area contributed by atoms with Crippen LogP contribution in [0.15, 0.2) is 72.6 Å². The van der Waals surface area contributed by atoms with Crippen LogP contribution in [0.4, 0.5) is 0 Å². The van der Waals surface area contributed by atoms with Gasteiger partial charge in [0.1, 0.15) is 5.75 Å². The molecule has 0 unspecified atom stereocenters. The zero-order valence-electron chi connectivity index (χ0n) is 13.6. The molecule has 120 valence electrons. The number of carbonyl (C=O) groups is 1. The van der Waals surface area contributed by atoms with Crippen LogP contribution in [0, 0.1) is 11.3 Å². The van der Waals surface area contributed by atoms with Crippen molar-refractivity contribution in [2.75, 3.05) is 14.1 Å². The summed E-state index contributed by atoms with van der Waals surface area (Å²) in [6, 6.07) is 18.2. The zero-order valence-corrected chi connectivity index (χ0v) is 13.6. The third kappa shape index (κ3) is 5.15. The normalized spacial score (nSPS) is 11.1. The lowest BCUT2D eigenvalue weighted by molar-refractivity contribution is -0.113. The van der Waals surface area contributed by atoms with Gasteiger partial charge in [0.2, 0.25) is 5.78 Å². The summed E-state index contributed by atoms with van der Waals surface area (Å²) in [4.78, 5) is 14.2. The molecule has 0 atom stereocenters. The number of nitriles is 1. The summed E-state index contributed by atoms with van der Waals surface area (Å²) >= 11 is 0. The lowest BCUT2D eigenvalue weighted by Crippen LogP contribution is -2.09. The fourth-order valence-corrected chi connectivity index (χ4v) is 1.87. The highest BCUT2D eigenvalue weighted by atomic mass is 16.5. The summed E-state index contributed by atoms with van der Waals surface area (Å²) in [6.07, 6.45) is 4.82. The SMILES string of the molecule is CN(C)/C=C/C(=O)/C(=C\c1ccccc1)Oc1ccc(C#N)cc1. The van der Waals surface area contributed by atoms with Gasteiger partial charge in [-0.3, -0.25) is 4.79 Å². The Balaban J connectivity index is 2.29. The van der Waals surface area contributed by atoms with Crippen molar-refractivity contribution >= 4 is 11.9 Å². The second-order valence-electron chi connectivity index (χ2n) is 5.30. The van der Waals surface area contributed by atoms with E-state index in [1.54, 1.807) is 41.4 Å². The molecule has 0 radical (unpaired) electrons. The minimum absolute atomic E-state index is 0.212. The van der Waals surface area contributed by atoms with Gasteiger partial charge in [-0.25, -0.2) is 0 Å². The highest BCUT2D eigenvalue weighted by molar-refractivity contribution is 6.05. The molecule has 0 spiro atoms. The summed E-state index contributed by atoms with van der Waals surface area (Å²) in [5.41, 5.74) is 1.41. The first-order chi connectivity index (χ1) is 11.6. The van der Waals surface area contributed by atoms with Crippen molar-refractivity contribution in [2.24, 2.45) is 0 Å². The fraction of sp³-hybridized carbons (Fsp3) is 0.100. The second kappa shape index (κ2) is 8.35. The number of ketones is 1. The summed E-state index contributed by atoms with van der Waals surface area (Å²) in [6.45, 7) is 0. The minimum atomic E-state index is -0.239. The maximum atomic E-state index is 12.4. The Kier molecular flexibility index (Phi) is 5.93. The van der Waals surface area contributed by atoms with E-state index in [2.05, 4.69) is 0 Å². The third-order valence-electron chi connectivity index (χ3n) is 3.08. The largest absolute Gasteiger partial charge is 0.453 e. The monoisotopic (exact) mass is 318 g/mol. The molecule has 0 aromatic heterocycles. The highest BCUT2D eigenvalue weighted by Crippen LogP contribution is 2.18. The standard InChI is InChI=1S/C20H18N2O2/c1-22(2)13-12-19(23)20(14-16-6-4-3-5-7-16)24-18-10-8-17(15-21)9-11-18/h3-14H,1-2H3/b13-12+,20-14+. The molecule has 2 aromatic carbocycles. The molecule has 0 heterocycles. The van der Waals surface area contributed by atoms with Crippen molar-refractivity contribution in [2.45, 2.75) is 0 Å². The number of hydrogen-bond acceptors (Lipinski definition) is 4. The Morgan fingerprint density at radius 2 is 1.75 bits per heavy atom. The van der Waals surface area contributed by atoms with E-state index < -0.39 is 0 Å². The molecular formula is C20H18N2O2. The van der Waals surface area contributed by atoms with E-state index in [0.717, 1.165) is 5.56 Å². The number of hydrogen-bond donors (Lipinski definition) is 0. The number of carbonyl (C=O) groups excluding carboxylic acids is 1. The van der Waals surface area contributed by atoms with Crippen LogP contribution in [-0.2, 0) is 4.79 Å². The van der Waals surface area contributed by atoms with Crippen LogP contribution in [-0.4, -0.2) is 24.8 Å². The average molecular weight is 318 g/mol. The molecule has 0 saturated heterocycles. The molecule has 24 heavy (non-hydrogen) atoms.